The normalized spacial score (nSPS) is 12.0. The number of fused-ring (bicyclic) bond motifs is 2. The Kier molecular flexibility index (Phi) is 12.1. The molecule has 0 saturated heterocycles. The fourth-order valence-electron chi connectivity index (χ4n) is 5.32. The van der Waals surface area contributed by atoms with Crippen molar-refractivity contribution in [1.29, 1.82) is 0 Å². The third-order valence-electron chi connectivity index (χ3n) is 7.74. The molecule has 0 aromatic heterocycles. The summed E-state index contributed by atoms with van der Waals surface area (Å²) in [5.41, 5.74) is 4.27. The van der Waals surface area contributed by atoms with Gasteiger partial charge in [-0.1, -0.05) is 54.6 Å². The van der Waals surface area contributed by atoms with Crippen LogP contribution in [0.4, 0.5) is 22.7 Å². The van der Waals surface area contributed by atoms with Crippen molar-refractivity contribution in [3.8, 4) is 22.6 Å². The van der Waals surface area contributed by atoms with Gasteiger partial charge in [0.15, 0.2) is 11.5 Å². The summed E-state index contributed by atoms with van der Waals surface area (Å²) >= 11 is 0. The third kappa shape index (κ3) is 8.00. The number of benzene rings is 6. The summed E-state index contributed by atoms with van der Waals surface area (Å²) in [7, 11) is -9.09. The smallest absolute Gasteiger partial charge is 0.295 e. The van der Waals surface area contributed by atoms with Crippen LogP contribution in [0.15, 0.2) is 127 Å². The quantitative estimate of drug-likeness (QED) is 0.0715. The van der Waals surface area contributed by atoms with E-state index in [0.29, 0.717) is 11.4 Å². The number of phenolic OH excluding ortho intramolecular Hbond substituents is 2. The third-order valence-corrected chi connectivity index (χ3v) is 9.55. The monoisotopic (exact) mass is 728 g/mol. The van der Waals surface area contributed by atoms with E-state index in [9.17, 15) is 36.2 Å². The molecule has 0 aliphatic heterocycles. The van der Waals surface area contributed by atoms with E-state index in [0.717, 1.165) is 28.3 Å². The summed E-state index contributed by atoms with van der Waals surface area (Å²) in [6, 6.07) is 25.3. The average molecular weight is 729 g/mol. The van der Waals surface area contributed by atoms with Crippen LogP contribution < -0.4 is 0 Å². The second-order valence-electron chi connectivity index (χ2n) is 10.9. The molecule has 6 aromatic rings. The molecule has 0 aliphatic rings. The van der Waals surface area contributed by atoms with Crippen LogP contribution in [-0.2, 0) is 20.2 Å². The fourth-order valence-corrected chi connectivity index (χ4v) is 6.74. The van der Waals surface area contributed by atoms with Crippen molar-refractivity contribution in [2.24, 2.45) is 20.5 Å². The van der Waals surface area contributed by atoms with Crippen LogP contribution >= 0.6 is 0 Å². The number of nitrogens with zero attached hydrogens (tertiary/aromatic N) is 4. The van der Waals surface area contributed by atoms with Gasteiger partial charge in [0, 0.05) is 80.7 Å². The number of aryl methyl sites for hydroxylation is 2. The van der Waals surface area contributed by atoms with E-state index in [4.69, 9.17) is 0 Å². The zero-order chi connectivity index (χ0) is 34.4. The van der Waals surface area contributed by atoms with Crippen LogP contribution in [0.1, 0.15) is 11.1 Å². The molecule has 0 amide bonds. The maximum atomic E-state index is 12.0. The molecule has 0 heterocycles. The van der Waals surface area contributed by atoms with Gasteiger partial charge >= 0.3 is 0 Å². The zero-order valence-corrected chi connectivity index (χ0v) is 32.9. The van der Waals surface area contributed by atoms with Gasteiger partial charge < -0.3 is 10.2 Å². The van der Waals surface area contributed by atoms with Crippen molar-refractivity contribution in [2.45, 2.75) is 23.6 Å². The average Bonchev–Trinajstić information content (AvgIpc) is 3.04. The molecule has 6 rings (SSSR count). The summed E-state index contributed by atoms with van der Waals surface area (Å²) in [4.78, 5) is -0.714. The molecule has 244 valence electrons. The number of hydrogen-bond acceptors (Lipinski definition) is 10. The van der Waals surface area contributed by atoms with Gasteiger partial charge in [0.05, 0.1) is 11.4 Å². The van der Waals surface area contributed by atoms with Gasteiger partial charge in [-0.2, -0.15) is 27.1 Å². The Bertz CT molecular complexity index is 2580. The maximum absolute atomic E-state index is 12.0. The molecule has 0 saturated carbocycles. The molecular formula is C34H26N4Na2O8S2. The standard InChI is InChI=1S/C34H26N4O8S2.2Na/c1-19-16-21(10-13-27(19)35-37-29-15-12-24-26(33(29)39)8-5-9-31(24)47(41,42)43)22-11-14-28(20(2)17-22)36-38-30-18-32(48(44,45)46)23-6-3-4-7-25(23)34(30)40;;/h3-18,39-40H,1-2H3,(H,41,42,43)(H,44,45,46);;. The Morgan fingerprint density at radius 1 is 0.460 bits per heavy atom. The van der Waals surface area contributed by atoms with Crippen molar-refractivity contribution in [2.75, 3.05) is 0 Å². The van der Waals surface area contributed by atoms with Gasteiger partial charge in [0.25, 0.3) is 20.2 Å². The maximum Gasteiger partial charge on any atom is 0.295 e. The first kappa shape index (κ1) is 39.2. The van der Waals surface area contributed by atoms with E-state index < -0.39 is 25.1 Å². The molecule has 0 fully saturated rings. The molecule has 0 unspecified atom stereocenters. The molecule has 4 N–H and O–H groups in total. The molecule has 0 aliphatic carbocycles. The molecule has 2 radical (unpaired) electrons. The van der Waals surface area contributed by atoms with Crippen LogP contribution in [0.3, 0.4) is 0 Å². The minimum absolute atomic E-state index is 0. The summed E-state index contributed by atoms with van der Waals surface area (Å²) in [6.45, 7) is 3.68. The van der Waals surface area contributed by atoms with Crippen LogP contribution in [0, 0.1) is 13.8 Å². The predicted molar refractivity (Wildman–Crippen MR) is 192 cm³/mol. The second kappa shape index (κ2) is 15.4. The summed E-state index contributed by atoms with van der Waals surface area (Å²) < 4.78 is 66.7. The molecule has 0 bridgehead atoms. The summed E-state index contributed by atoms with van der Waals surface area (Å²) in [5, 5.41) is 39.0. The number of rotatable bonds is 7. The molecule has 12 nitrogen and oxygen atoms in total. The SMILES string of the molecule is Cc1cc(-c2ccc(N=Nc3cc(S(=O)(=O)O)c4ccccc4c3O)c(C)c2)ccc1N=Nc1ccc2c(S(=O)(=O)O)cccc2c1O.[Na].[Na]. The van der Waals surface area contributed by atoms with Crippen LogP contribution in [-0.4, -0.2) is 95.3 Å². The number of aromatic hydroxyl groups is 2. The topological polar surface area (TPSA) is 199 Å². The van der Waals surface area contributed by atoms with Crippen molar-refractivity contribution >= 4 is 124 Å². The van der Waals surface area contributed by atoms with E-state index >= 15 is 0 Å². The Labute approximate surface area is 331 Å². The molecule has 0 spiro atoms. The number of phenols is 2. The van der Waals surface area contributed by atoms with Crippen molar-refractivity contribution in [3.63, 3.8) is 0 Å². The molecule has 6 aromatic carbocycles. The van der Waals surface area contributed by atoms with E-state index in [-0.39, 0.29) is 108 Å². The zero-order valence-electron chi connectivity index (χ0n) is 27.3. The fraction of sp³-hybridized carbons (Fsp3) is 0.0588. The predicted octanol–water partition coefficient (Wildman–Crippen LogP) is 8.25. The molecular weight excluding hydrogens is 703 g/mol. The van der Waals surface area contributed by atoms with Gasteiger partial charge in [-0.05, 0) is 78.6 Å². The Hall–Kier alpha value is -3.54. The first-order valence-corrected chi connectivity index (χ1v) is 17.1. The van der Waals surface area contributed by atoms with Gasteiger partial charge in [-0.25, -0.2) is 0 Å². The summed E-state index contributed by atoms with van der Waals surface area (Å²) in [5.74, 6) is -0.552. The molecule has 0 atom stereocenters. The first-order valence-electron chi connectivity index (χ1n) is 14.2. The second-order valence-corrected chi connectivity index (χ2v) is 13.7. The van der Waals surface area contributed by atoms with Crippen molar-refractivity contribution < 1.29 is 36.2 Å². The van der Waals surface area contributed by atoms with Crippen LogP contribution in [0.5, 0.6) is 11.5 Å². The van der Waals surface area contributed by atoms with Gasteiger partial charge in [0.1, 0.15) is 21.2 Å². The Morgan fingerprint density at radius 3 is 1.40 bits per heavy atom. The molecule has 16 heteroatoms. The van der Waals surface area contributed by atoms with Crippen molar-refractivity contribution in [3.05, 3.63) is 108 Å². The minimum Gasteiger partial charge on any atom is -0.505 e. The van der Waals surface area contributed by atoms with Gasteiger partial charge in [-0.15, -0.1) is 10.2 Å². The van der Waals surface area contributed by atoms with Gasteiger partial charge in [-0.3, -0.25) is 9.11 Å². The Balaban J connectivity index is 0.00000281. The van der Waals surface area contributed by atoms with E-state index in [1.54, 1.807) is 24.3 Å². The number of azo groups is 2. The van der Waals surface area contributed by atoms with Crippen LogP contribution in [0.25, 0.3) is 32.7 Å². The Morgan fingerprint density at radius 2 is 0.880 bits per heavy atom. The first-order chi connectivity index (χ1) is 22.7. The van der Waals surface area contributed by atoms with E-state index in [2.05, 4.69) is 20.5 Å². The minimum atomic E-state index is -4.60. The van der Waals surface area contributed by atoms with E-state index in [1.807, 2.05) is 38.1 Å². The molecule has 50 heavy (non-hydrogen) atoms. The van der Waals surface area contributed by atoms with Crippen LogP contribution in [0.2, 0.25) is 0 Å². The largest absolute Gasteiger partial charge is 0.505 e. The summed E-state index contributed by atoms with van der Waals surface area (Å²) in [6.07, 6.45) is 0. The van der Waals surface area contributed by atoms with Gasteiger partial charge in [0.2, 0.25) is 0 Å². The van der Waals surface area contributed by atoms with E-state index in [1.165, 1.54) is 42.5 Å². The van der Waals surface area contributed by atoms with Crippen molar-refractivity contribution in [1.82, 2.24) is 0 Å². The number of hydrogen-bond donors (Lipinski definition) is 4.